The van der Waals surface area contributed by atoms with E-state index in [1.165, 1.54) is 6.07 Å². The highest BCUT2D eigenvalue weighted by atomic mass is 19.1. The summed E-state index contributed by atoms with van der Waals surface area (Å²) in [5.41, 5.74) is 2.02. The van der Waals surface area contributed by atoms with Gasteiger partial charge in [0.05, 0.1) is 5.69 Å². The molecule has 5 heteroatoms. The zero-order chi connectivity index (χ0) is 14.1. The molecule has 1 aromatic carbocycles. The fourth-order valence-electron chi connectivity index (χ4n) is 2.00. The summed E-state index contributed by atoms with van der Waals surface area (Å²) in [6.45, 7) is 1.84. The van der Waals surface area contributed by atoms with E-state index in [1.54, 1.807) is 30.5 Å². The minimum absolute atomic E-state index is 0.168. The Labute approximate surface area is 114 Å². The molecule has 0 bridgehead atoms. The number of amides is 1. The molecule has 0 fully saturated rings. The number of hydrogen-bond donors (Lipinski definition) is 2. The maximum absolute atomic E-state index is 13.6. The van der Waals surface area contributed by atoms with Gasteiger partial charge in [-0.2, -0.15) is 0 Å². The summed E-state index contributed by atoms with van der Waals surface area (Å²) in [7, 11) is 0. The van der Waals surface area contributed by atoms with Crippen molar-refractivity contribution in [3.05, 3.63) is 59.7 Å². The van der Waals surface area contributed by atoms with E-state index < -0.39 is 11.7 Å². The SMILES string of the molecule is Cc1ccc(F)c(NC(=O)c2cc3cccnc3[nH]2)c1. The van der Waals surface area contributed by atoms with E-state index >= 15 is 0 Å². The van der Waals surface area contributed by atoms with Gasteiger partial charge in [-0.1, -0.05) is 6.07 Å². The average Bonchev–Trinajstić information content (AvgIpc) is 2.87. The third kappa shape index (κ3) is 2.25. The Kier molecular flexibility index (Phi) is 2.95. The number of rotatable bonds is 2. The lowest BCUT2D eigenvalue weighted by atomic mass is 10.2. The average molecular weight is 269 g/mol. The van der Waals surface area contributed by atoms with Crippen LogP contribution in [-0.2, 0) is 0 Å². The molecule has 3 rings (SSSR count). The second-order valence-electron chi connectivity index (χ2n) is 4.56. The number of aryl methyl sites for hydroxylation is 1. The summed E-state index contributed by atoms with van der Waals surface area (Å²) in [6.07, 6.45) is 1.64. The summed E-state index contributed by atoms with van der Waals surface area (Å²) in [5, 5.41) is 3.39. The van der Waals surface area contributed by atoms with Crippen molar-refractivity contribution in [2.45, 2.75) is 6.92 Å². The van der Waals surface area contributed by atoms with Crippen molar-refractivity contribution in [3.63, 3.8) is 0 Å². The van der Waals surface area contributed by atoms with Crippen molar-refractivity contribution >= 4 is 22.6 Å². The van der Waals surface area contributed by atoms with Gasteiger partial charge in [-0.25, -0.2) is 9.37 Å². The lowest BCUT2D eigenvalue weighted by molar-refractivity contribution is 0.102. The first-order valence-electron chi connectivity index (χ1n) is 6.15. The van der Waals surface area contributed by atoms with Crippen LogP contribution in [0, 0.1) is 12.7 Å². The fraction of sp³-hybridized carbons (Fsp3) is 0.0667. The number of nitrogens with one attached hydrogen (secondary N) is 2. The molecule has 0 aliphatic heterocycles. The third-order valence-electron chi connectivity index (χ3n) is 3.01. The normalized spacial score (nSPS) is 10.7. The number of carbonyl (C=O) groups excluding carboxylic acids is 1. The molecule has 20 heavy (non-hydrogen) atoms. The second-order valence-corrected chi connectivity index (χ2v) is 4.56. The number of H-pyrrole nitrogens is 1. The van der Waals surface area contributed by atoms with Gasteiger partial charge in [0.1, 0.15) is 17.2 Å². The van der Waals surface area contributed by atoms with Crippen molar-refractivity contribution in [1.82, 2.24) is 9.97 Å². The van der Waals surface area contributed by atoms with Gasteiger partial charge in [0.15, 0.2) is 0 Å². The number of aromatic amines is 1. The van der Waals surface area contributed by atoms with Crippen LogP contribution in [0.5, 0.6) is 0 Å². The van der Waals surface area contributed by atoms with Crippen molar-refractivity contribution in [2.75, 3.05) is 5.32 Å². The van der Waals surface area contributed by atoms with Gasteiger partial charge in [-0.3, -0.25) is 4.79 Å². The lowest BCUT2D eigenvalue weighted by Crippen LogP contribution is -2.13. The Balaban J connectivity index is 1.90. The van der Waals surface area contributed by atoms with Crippen LogP contribution in [0.25, 0.3) is 11.0 Å². The summed E-state index contributed by atoms with van der Waals surface area (Å²) >= 11 is 0. The van der Waals surface area contributed by atoms with Crippen LogP contribution in [0.15, 0.2) is 42.6 Å². The maximum atomic E-state index is 13.6. The highest BCUT2D eigenvalue weighted by Crippen LogP contribution is 2.18. The highest BCUT2D eigenvalue weighted by molar-refractivity contribution is 6.05. The zero-order valence-corrected chi connectivity index (χ0v) is 10.8. The van der Waals surface area contributed by atoms with Gasteiger partial charge < -0.3 is 10.3 Å². The van der Waals surface area contributed by atoms with E-state index in [0.717, 1.165) is 10.9 Å². The van der Waals surface area contributed by atoms with E-state index in [-0.39, 0.29) is 5.69 Å². The predicted molar refractivity (Wildman–Crippen MR) is 75.2 cm³/mol. The first-order valence-corrected chi connectivity index (χ1v) is 6.15. The van der Waals surface area contributed by atoms with E-state index in [4.69, 9.17) is 0 Å². The van der Waals surface area contributed by atoms with Gasteiger partial charge in [-0.15, -0.1) is 0 Å². The topological polar surface area (TPSA) is 57.8 Å². The number of nitrogens with zero attached hydrogens (tertiary/aromatic N) is 1. The Morgan fingerprint density at radius 3 is 2.95 bits per heavy atom. The minimum atomic E-state index is -0.460. The molecule has 4 nitrogen and oxygen atoms in total. The molecule has 0 aliphatic rings. The van der Waals surface area contributed by atoms with Crippen molar-refractivity contribution in [1.29, 1.82) is 0 Å². The van der Waals surface area contributed by atoms with E-state index in [2.05, 4.69) is 15.3 Å². The quantitative estimate of drug-likeness (QED) is 0.750. The molecule has 2 aromatic heterocycles. The second kappa shape index (κ2) is 4.77. The molecule has 2 heterocycles. The maximum Gasteiger partial charge on any atom is 0.272 e. The monoisotopic (exact) mass is 269 g/mol. The summed E-state index contributed by atoms with van der Waals surface area (Å²) in [4.78, 5) is 19.1. The van der Waals surface area contributed by atoms with Crippen molar-refractivity contribution in [2.24, 2.45) is 0 Å². The van der Waals surface area contributed by atoms with E-state index in [0.29, 0.717) is 11.3 Å². The molecule has 0 spiro atoms. The molecule has 3 aromatic rings. The molecule has 0 atom stereocenters. The number of pyridine rings is 1. The molecular weight excluding hydrogens is 257 g/mol. The van der Waals surface area contributed by atoms with Gasteiger partial charge in [0.25, 0.3) is 5.91 Å². The Morgan fingerprint density at radius 1 is 1.30 bits per heavy atom. The molecule has 100 valence electrons. The molecule has 0 radical (unpaired) electrons. The van der Waals surface area contributed by atoms with Gasteiger partial charge in [0.2, 0.25) is 0 Å². The summed E-state index contributed by atoms with van der Waals surface area (Å²) in [6, 6.07) is 9.90. The standard InChI is InChI=1S/C15H12FN3O/c1-9-4-5-11(16)12(7-9)19-15(20)13-8-10-3-2-6-17-14(10)18-13/h2-8H,1H3,(H,17,18)(H,19,20). The van der Waals surface area contributed by atoms with Crippen LogP contribution in [-0.4, -0.2) is 15.9 Å². The van der Waals surface area contributed by atoms with Crippen LogP contribution in [0.3, 0.4) is 0 Å². The summed E-state index contributed by atoms with van der Waals surface area (Å²) in [5.74, 6) is -0.856. The van der Waals surface area contributed by atoms with Crippen molar-refractivity contribution in [3.8, 4) is 0 Å². The first kappa shape index (κ1) is 12.3. The number of aromatic nitrogens is 2. The molecular formula is C15H12FN3O. The predicted octanol–water partition coefficient (Wildman–Crippen LogP) is 3.26. The molecule has 0 saturated heterocycles. The molecule has 0 aliphatic carbocycles. The van der Waals surface area contributed by atoms with Gasteiger partial charge in [0, 0.05) is 11.6 Å². The van der Waals surface area contributed by atoms with E-state index in [1.807, 2.05) is 13.0 Å². The Hall–Kier alpha value is -2.69. The number of fused-ring (bicyclic) bond motifs is 1. The number of hydrogen-bond acceptors (Lipinski definition) is 2. The smallest absolute Gasteiger partial charge is 0.272 e. The summed E-state index contributed by atoms with van der Waals surface area (Å²) < 4.78 is 13.6. The van der Waals surface area contributed by atoms with Crippen LogP contribution in [0.1, 0.15) is 16.1 Å². The highest BCUT2D eigenvalue weighted by Gasteiger charge is 2.12. The molecule has 2 N–H and O–H groups in total. The number of benzene rings is 1. The largest absolute Gasteiger partial charge is 0.335 e. The van der Waals surface area contributed by atoms with Crippen LogP contribution >= 0.6 is 0 Å². The molecule has 0 saturated carbocycles. The molecule has 1 amide bonds. The number of halogens is 1. The third-order valence-corrected chi connectivity index (χ3v) is 3.01. The lowest BCUT2D eigenvalue weighted by Gasteiger charge is -2.06. The van der Waals surface area contributed by atoms with Gasteiger partial charge >= 0.3 is 0 Å². The Morgan fingerprint density at radius 2 is 2.15 bits per heavy atom. The zero-order valence-electron chi connectivity index (χ0n) is 10.8. The van der Waals surface area contributed by atoms with Crippen LogP contribution in [0.4, 0.5) is 10.1 Å². The van der Waals surface area contributed by atoms with Crippen molar-refractivity contribution < 1.29 is 9.18 Å². The number of carbonyl (C=O) groups is 1. The van der Waals surface area contributed by atoms with Gasteiger partial charge in [-0.05, 0) is 42.8 Å². The van der Waals surface area contributed by atoms with Crippen LogP contribution < -0.4 is 5.32 Å². The van der Waals surface area contributed by atoms with Crippen LogP contribution in [0.2, 0.25) is 0 Å². The molecule has 0 unspecified atom stereocenters. The fourth-order valence-corrected chi connectivity index (χ4v) is 2.00. The number of anilines is 1. The Bertz CT molecular complexity index is 762. The minimum Gasteiger partial charge on any atom is -0.335 e. The van der Waals surface area contributed by atoms with E-state index in [9.17, 15) is 9.18 Å². The first-order chi connectivity index (χ1) is 9.63.